The molecule has 90 valence electrons. The van der Waals surface area contributed by atoms with Crippen LogP contribution in [0.2, 0.25) is 0 Å². The highest BCUT2D eigenvalue weighted by Crippen LogP contribution is 2.44. The van der Waals surface area contributed by atoms with Gasteiger partial charge in [-0.25, -0.2) is 0 Å². The van der Waals surface area contributed by atoms with Crippen molar-refractivity contribution in [2.75, 3.05) is 6.61 Å². The summed E-state index contributed by atoms with van der Waals surface area (Å²) < 4.78 is 11.3. The molecular formula is C13H20O3. The Balaban J connectivity index is 2.28. The number of carbonyl (C=O) groups is 1. The fourth-order valence-electron chi connectivity index (χ4n) is 2.69. The van der Waals surface area contributed by atoms with Crippen molar-refractivity contribution in [2.45, 2.75) is 52.7 Å². The second kappa shape index (κ2) is 4.21. The van der Waals surface area contributed by atoms with Crippen LogP contribution in [0, 0.1) is 5.41 Å². The number of hydrogen-bond acceptors (Lipinski definition) is 3. The van der Waals surface area contributed by atoms with Gasteiger partial charge in [-0.05, 0) is 13.3 Å². The van der Waals surface area contributed by atoms with Crippen LogP contribution in [0.5, 0.6) is 0 Å². The van der Waals surface area contributed by atoms with E-state index in [1.54, 1.807) is 0 Å². The van der Waals surface area contributed by atoms with Gasteiger partial charge in [0.1, 0.15) is 5.76 Å². The molecule has 16 heavy (non-hydrogen) atoms. The van der Waals surface area contributed by atoms with Crippen molar-refractivity contribution in [3.05, 3.63) is 11.3 Å². The first-order valence-electron chi connectivity index (χ1n) is 6.09. The van der Waals surface area contributed by atoms with E-state index in [0.29, 0.717) is 13.0 Å². The van der Waals surface area contributed by atoms with Crippen LogP contribution >= 0.6 is 0 Å². The molecule has 0 spiro atoms. The predicted octanol–water partition coefficient (Wildman–Crippen LogP) is 2.80. The van der Waals surface area contributed by atoms with E-state index < -0.39 is 0 Å². The first kappa shape index (κ1) is 11.6. The minimum atomic E-state index is -0.176. The van der Waals surface area contributed by atoms with E-state index >= 15 is 0 Å². The molecule has 0 bridgehead atoms. The second-order valence-electron chi connectivity index (χ2n) is 5.17. The highest BCUT2D eigenvalue weighted by Gasteiger charge is 2.41. The summed E-state index contributed by atoms with van der Waals surface area (Å²) in [5.41, 5.74) is 0.806. The van der Waals surface area contributed by atoms with Gasteiger partial charge < -0.3 is 9.47 Å². The van der Waals surface area contributed by atoms with Crippen LogP contribution < -0.4 is 0 Å². The maximum Gasteiger partial charge on any atom is 0.200 e. The minimum Gasteiger partial charge on any atom is -0.469 e. The predicted molar refractivity (Wildman–Crippen MR) is 60.8 cm³/mol. The standard InChI is InChI=1S/C13H20O3/c1-4-15-11-8-13(2,3)12-9(14)6-5-7-10(12)16-11/h11H,4-8H2,1-3H3. The van der Waals surface area contributed by atoms with Gasteiger partial charge in [0.15, 0.2) is 12.1 Å². The van der Waals surface area contributed by atoms with Crippen molar-refractivity contribution < 1.29 is 14.3 Å². The molecule has 1 aliphatic heterocycles. The molecule has 2 rings (SSSR count). The summed E-state index contributed by atoms with van der Waals surface area (Å²) >= 11 is 0. The smallest absolute Gasteiger partial charge is 0.200 e. The van der Waals surface area contributed by atoms with Crippen LogP contribution in [-0.2, 0) is 14.3 Å². The van der Waals surface area contributed by atoms with Crippen molar-refractivity contribution in [3.8, 4) is 0 Å². The fraction of sp³-hybridized carbons (Fsp3) is 0.769. The second-order valence-corrected chi connectivity index (χ2v) is 5.17. The van der Waals surface area contributed by atoms with Crippen molar-refractivity contribution in [1.29, 1.82) is 0 Å². The fourth-order valence-corrected chi connectivity index (χ4v) is 2.69. The van der Waals surface area contributed by atoms with Crippen molar-refractivity contribution in [3.63, 3.8) is 0 Å². The Bertz CT molecular complexity index is 328. The molecule has 0 fully saturated rings. The summed E-state index contributed by atoms with van der Waals surface area (Å²) in [6, 6.07) is 0. The Morgan fingerprint density at radius 3 is 2.88 bits per heavy atom. The number of allylic oxidation sites excluding steroid dienone is 2. The Hall–Kier alpha value is -0.830. The molecule has 3 heteroatoms. The zero-order valence-corrected chi connectivity index (χ0v) is 10.3. The molecule has 3 nitrogen and oxygen atoms in total. The molecule has 0 radical (unpaired) electrons. The van der Waals surface area contributed by atoms with Gasteiger partial charge in [-0.15, -0.1) is 0 Å². The Morgan fingerprint density at radius 1 is 1.44 bits per heavy atom. The van der Waals surface area contributed by atoms with E-state index in [0.717, 1.165) is 30.6 Å². The third kappa shape index (κ3) is 2.01. The largest absolute Gasteiger partial charge is 0.469 e. The van der Waals surface area contributed by atoms with Gasteiger partial charge in [-0.3, -0.25) is 4.79 Å². The van der Waals surface area contributed by atoms with Crippen LogP contribution in [0.3, 0.4) is 0 Å². The van der Waals surface area contributed by atoms with Gasteiger partial charge in [-0.1, -0.05) is 13.8 Å². The summed E-state index contributed by atoms with van der Waals surface area (Å²) in [6.45, 7) is 6.84. The van der Waals surface area contributed by atoms with Crippen LogP contribution in [0.25, 0.3) is 0 Å². The summed E-state index contributed by atoms with van der Waals surface area (Å²) in [5.74, 6) is 1.15. The Morgan fingerprint density at radius 2 is 2.19 bits per heavy atom. The lowest BCUT2D eigenvalue weighted by Crippen LogP contribution is -2.37. The van der Waals surface area contributed by atoms with Crippen molar-refractivity contribution in [1.82, 2.24) is 0 Å². The molecule has 0 N–H and O–H groups in total. The van der Waals surface area contributed by atoms with Crippen LogP contribution in [0.1, 0.15) is 46.5 Å². The number of rotatable bonds is 2. The van der Waals surface area contributed by atoms with Crippen LogP contribution in [-0.4, -0.2) is 18.7 Å². The van der Waals surface area contributed by atoms with Gasteiger partial charge in [0.2, 0.25) is 0 Å². The highest BCUT2D eigenvalue weighted by molar-refractivity contribution is 5.97. The van der Waals surface area contributed by atoms with E-state index in [9.17, 15) is 4.79 Å². The normalized spacial score (nSPS) is 28.7. The molecule has 0 saturated carbocycles. The molecular weight excluding hydrogens is 204 g/mol. The molecule has 0 saturated heterocycles. The lowest BCUT2D eigenvalue weighted by atomic mass is 9.73. The molecule has 0 aromatic rings. The van der Waals surface area contributed by atoms with E-state index in [1.165, 1.54) is 0 Å². The summed E-state index contributed by atoms with van der Waals surface area (Å²) in [4.78, 5) is 11.9. The van der Waals surface area contributed by atoms with Crippen molar-refractivity contribution in [2.24, 2.45) is 5.41 Å². The van der Waals surface area contributed by atoms with E-state index in [2.05, 4.69) is 13.8 Å². The molecule has 0 amide bonds. The molecule has 0 aromatic heterocycles. The molecule has 0 aromatic carbocycles. The van der Waals surface area contributed by atoms with Crippen LogP contribution in [0.15, 0.2) is 11.3 Å². The molecule has 1 heterocycles. The molecule has 1 aliphatic carbocycles. The van der Waals surface area contributed by atoms with Crippen LogP contribution in [0.4, 0.5) is 0 Å². The third-order valence-electron chi connectivity index (χ3n) is 3.35. The lowest BCUT2D eigenvalue weighted by Gasteiger charge is -2.40. The van der Waals surface area contributed by atoms with E-state index in [4.69, 9.17) is 9.47 Å². The van der Waals surface area contributed by atoms with Gasteiger partial charge in [-0.2, -0.15) is 0 Å². The first-order chi connectivity index (χ1) is 7.54. The summed E-state index contributed by atoms with van der Waals surface area (Å²) in [5, 5.41) is 0. The Kier molecular flexibility index (Phi) is 3.06. The van der Waals surface area contributed by atoms with Gasteiger partial charge >= 0.3 is 0 Å². The number of ether oxygens (including phenoxy) is 2. The highest BCUT2D eigenvalue weighted by atomic mass is 16.7. The molecule has 1 unspecified atom stereocenters. The number of carbonyl (C=O) groups excluding carboxylic acids is 1. The van der Waals surface area contributed by atoms with E-state index in [-0.39, 0.29) is 17.5 Å². The van der Waals surface area contributed by atoms with Crippen molar-refractivity contribution >= 4 is 5.78 Å². The summed E-state index contributed by atoms with van der Waals surface area (Å²) in [6.07, 6.45) is 3.06. The number of hydrogen-bond donors (Lipinski definition) is 0. The number of ketones is 1. The maximum atomic E-state index is 11.9. The topological polar surface area (TPSA) is 35.5 Å². The SMILES string of the molecule is CCOC1CC(C)(C)C2=C(CCCC2=O)O1. The summed E-state index contributed by atoms with van der Waals surface area (Å²) in [7, 11) is 0. The van der Waals surface area contributed by atoms with Gasteiger partial charge in [0.25, 0.3) is 0 Å². The quantitative estimate of drug-likeness (QED) is 0.723. The van der Waals surface area contributed by atoms with E-state index in [1.807, 2.05) is 6.92 Å². The zero-order chi connectivity index (χ0) is 11.8. The molecule has 2 aliphatic rings. The zero-order valence-electron chi connectivity index (χ0n) is 10.3. The number of Topliss-reactive ketones (excluding diaryl/α,β-unsaturated/α-hetero) is 1. The first-order valence-corrected chi connectivity index (χ1v) is 6.09. The Labute approximate surface area is 96.8 Å². The monoisotopic (exact) mass is 224 g/mol. The average Bonchev–Trinajstić information content (AvgIpc) is 2.15. The maximum absolute atomic E-state index is 11.9. The lowest BCUT2D eigenvalue weighted by molar-refractivity contribution is -0.149. The van der Waals surface area contributed by atoms with Gasteiger partial charge in [0, 0.05) is 36.9 Å². The average molecular weight is 224 g/mol. The minimum absolute atomic E-state index is 0.106. The van der Waals surface area contributed by atoms with Gasteiger partial charge in [0.05, 0.1) is 0 Å². The third-order valence-corrected chi connectivity index (χ3v) is 3.35. The molecule has 1 atom stereocenters.